The van der Waals surface area contributed by atoms with Gasteiger partial charge in [-0.1, -0.05) is 11.6 Å². The number of likely N-dealkylation sites (N-methyl/N-ethyl adjacent to an activating group) is 1. The second-order valence-electron chi connectivity index (χ2n) is 4.86. The first-order valence-corrected chi connectivity index (χ1v) is 7.34. The van der Waals surface area contributed by atoms with Crippen molar-refractivity contribution in [1.82, 2.24) is 4.90 Å². The number of hydrogen-bond donors (Lipinski definition) is 0. The number of aryl methyl sites for hydroxylation is 1. The lowest BCUT2D eigenvalue weighted by Crippen LogP contribution is -2.42. The van der Waals surface area contributed by atoms with Crippen LogP contribution < -0.4 is 4.90 Å². The fraction of sp³-hybridized carbons (Fsp3) is 0.533. The number of nitrogens with zero attached hydrogens (tertiary/aromatic N) is 2. The van der Waals surface area contributed by atoms with Crippen molar-refractivity contribution in [3.63, 3.8) is 0 Å². The Balaban J connectivity index is 2.13. The first-order valence-electron chi connectivity index (χ1n) is 6.96. The third-order valence-electron chi connectivity index (χ3n) is 3.70. The Morgan fingerprint density at radius 2 is 2.11 bits per heavy atom. The Morgan fingerprint density at radius 1 is 1.37 bits per heavy atom. The standard InChI is InChI=1S/C15H21ClN2O/c1-3-17(4-2)15(19)11-18-9-5-6-12-10-13(16)7-8-14(12)18/h7-8,10H,3-6,9,11H2,1-2H3. The molecule has 1 aliphatic rings. The third-order valence-corrected chi connectivity index (χ3v) is 3.93. The highest BCUT2D eigenvalue weighted by molar-refractivity contribution is 6.30. The summed E-state index contributed by atoms with van der Waals surface area (Å²) < 4.78 is 0. The average molecular weight is 281 g/mol. The number of anilines is 1. The minimum Gasteiger partial charge on any atom is -0.362 e. The van der Waals surface area contributed by atoms with Crippen molar-refractivity contribution >= 4 is 23.2 Å². The zero-order valence-electron chi connectivity index (χ0n) is 11.7. The molecule has 0 atom stereocenters. The van der Waals surface area contributed by atoms with Gasteiger partial charge in [-0.15, -0.1) is 0 Å². The molecule has 0 aliphatic carbocycles. The van der Waals surface area contributed by atoms with Crippen LogP contribution in [0.1, 0.15) is 25.8 Å². The number of halogens is 1. The quantitative estimate of drug-likeness (QED) is 0.847. The minimum absolute atomic E-state index is 0.202. The van der Waals surface area contributed by atoms with E-state index in [9.17, 15) is 4.79 Å². The van der Waals surface area contributed by atoms with Crippen LogP contribution in [0.5, 0.6) is 0 Å². The van der Waals surface area contributed by atoms with E-state index in [4.69, 9.17) is 11.6 Å². The smallest absolute Gasteiger partial charge is 0.242 e. The topological polar surface area (TPSA) is 23.6 Å². The SMILES string of the molecule is CCN(CC)C(=O)CN1CCCc2cc(Cl)ccc21. The van der Waals surface area contributed by atoms with E-state index in [0.29, 0.717) is 6.54 Å². The molecule has 0 unspecified atom stereocenters. The van der Waals surface area contributed by atoms with Crippen molar-refractivity contribution in [2.24, 2.45) is 0 Å². The summed E-state index contributed by atoms with van der Waals surface area (Å²) in [4.78, 5) is 16.3. The number of carbonyl (C=O) groups excluding carboxylic acids is 1. The maximum Gasteiger partial charge on any atom is 0.242 e. The van der Waals surface area contributed by atoms with Gasteiger partial charge in [0.1, 0.15) is 0 Å². The molecule has 0 aromatic heterocycles. The van der Waals surface area contributed by atoms with E-state index in [0.717, 1.165) is 43.2 Å². The Morgan fingerprint density at radius 3 is 2.79 bits per heavy atom. The fourth-order valence-electron chi connectivity index (χ4n) is 2.65. The molecular weight excluding hydrogens is 260 g/mol. The highest BCUT2D eigenvalue weighted by Gasteiger charge is 2.21. The Hall–Kier alpha value is -1.22. The first kappa shape index (κ1) is 14.2. The lowest BCUT2D eigenvalue weighted by Gasteiger charge is -2.32. The van der Waals surface area contributed by atoms with Crippen LogP contribution in [0.4, 0.5) is 5.69 Å². The van der Waals surface area contributed by atoms with E-state index >= 15 is 0 Å². The van der Waals surface area contributed by atoms with E-state index in [1.54, 1.807) is 0 Å². The monoisotopic (exact) mass is 280 g/mol. The summed E-state index contributed by atoms with van der Waals surface area (Å²) in [5.74, 6) is 0.202. The molecule has 0 bridgehead atoms. The van der Waals surface area contributed by atoms with Gasteiger partial charge in [0, 0.05) is 30.3 Å². The zero-order valence-corrected chi connectivity index (χ0v) is 12.4. The minimum atomic E-state index is 0.202. The van der Waals surface area contributed by atoms with Gasteiger partial charge in [-0.05, 0) is 50.5 Å². The van der Waals surface area contributed by atoms with Crippen molar-refractivity contribution < 1.29 is 4.79 Å². The zero-order chi connectivity index (χ0) is 13.8. The van der Waals surface area contributed by atoms with Gasteiger partial charge < -0.3 is 9.80 Å². The molecule has 1 aromatic carbocycles. The summed E-state index contributed by atoms with van der Waals surface area (Å²) in [6, 6.07) is 5.96. The third kappa shape index (κ3) is 3.21. The van der Waals surface area contributed by atoms with Crippen molar-refractivity contribution in [2.45, 2.75) is 26.7 Å². The molecule has 4 heteroatoms. The molecule has 0 saturated heterocycles. The Labute approximate surface area is 120 Å². The Kier molecular flexibility index (Phi) is 4.70. The second-order valence-corrected chi connectivity index (χ2v) is 5.30. The highest BCUT2D eigenvalue weighted by atomic mass is 35.5. The summed E-state index contributed by atoms with van der Waals surface area (Å²) in [5.41, 5.74) is 2.42. The van der Waals surface area contributed by atoms with Crippen LogP contribution in [-0.2, 0) is 11.2 Å². The maximum absolute atomic E-state index is 12.2. The van der Waals surface area contributed by atoms with E-state index in [1.165, 1.54) is 5.56 Å². The predicted molar refractivity (Wildman–Crippen MR) is 79.9 cm³/mol. The van der Waals surface area contributed by atoms with Crippen LogP contribution in [0.25, 0.3) is 0 Å². The number of fused-ring (bicyclic) bond motifs is 1. The molecule has 0 spiro atoms. The highest BCUT2D eigenvalue weighted by Crippen LogP contribution is 2.29. The molecular formula is C15H21ClN2O. The normalized spacial score (nSPS) is 14.2. The van der Waals surface area contributed by atoms with Crippen LogP contribution in [0.2, 0.25) is 5.02 Å². The van der Waals surface area contributed by atoms with Gasteiger partial charge in [-0.2, -0.15) is 0 Å². The molecule has 1 aromatic rings. The van der Waals surface area contributed by atoms with Gasteiger partial charge in [-0.25, -0.2) is 0 Å². The summed E-state index contributed by atoms with van der Waals surface area (Å²) in [7, 11) is 0. The van der Waals surface area contributed by atoms with Crippen molar-refractivity contribution in [2.75, 3.05) is 31.1 Å². The molecule has 2 rings (SSSR count). The van der Waals surface area contributed by atoms with Gasteiger partial charge in [0.25, 0.3) is 0 Å². The van der Waals surface area contributed by atoms with Gasteiger partial charge in [0.05, 0.1) is 6.54 Å². The van der Waals surface area contributed by atoms with Gasteiger partial charge in [-0.3, -0.25) is 4.79 Å². The molecule has 0 N–H and O–H groups in total. The van der Waals surface area contributed by atoms with Crippen molar-refractivity contribution in [1.29, 1.82) is 0 Å². The van der Waals surface area contributed by atoms with E-state index in [1.807, 2.05) is 36.9 Å². The molecule has 3 nitrogen and oxygen atoms in total. The summed E-state index contributed by atoms with van der Waals surface area (Å²) >= 11 is 6.03. The van der Waals surface area contributed by atoms with E-state index in [-0.39, 0.29) is 5.91 Å². The summed E-state index contributed by atoms with van der Waals surface area (Å²) in [5, 5.41) is 0.774. The van der Waals surface area contributed by atoms with E-state index in [2.05, 4.69) is 4.90 Å². The molecule has 0 radical (unpaired) electrons. The van der Waals surface area contributed by atoms with Crippen molar-refractivity contribution in [3.05, 3.63) is 28.8 Å². The first-order chi connectivity index (χ1) is 9.15. The summed E-state index contributed by atoms with van der Waals surface area (Å²) in [6.45, 7) is 7.00. The number of rotatable bonds is 4. The van der Waals surface area contributed by atoms with Crippen molar-refractivity contribution in [3.8, 4) is 0 Å². The lowest BCUT2D eigenvalue weighted by atomic mass is 10.0. The lowest BCUT2D eigenvalue weighted by molar-refractivity contribution is -0.129. The van der Waals surface area contributed by atoms with Gasteiger partial charge in [0.15, 0.2) is 0 Å². The van der Waals surface area contributed by atoms with Gasteiger partial charge in [0.2, 0.25) is 5.91 Å². The molecule has 1 heterocycles. The predicted octanol–water partition coefficient (Wildman–Crippen LogP) is 2.96. The van der Waals surface area contributed by atoms with Crippen LogP contribution in [-0.4, -0.2) is 37.0 Å². The van der Waals surface area contributed by atoms with Crippen LogP contribution in [0.15, 0.2) is 18.2 Å². The number of amides is 1. The van der Waals surface area contributed by atoms with Crippen LogP contribution in [0.3, 0.4) is 0 Å². The number of benzene rings is 1. The molecule has 104 valence electrons. The largest absolute Gasteiger partial charge is 0.362 e. The fourth-order valence-corrected chi connectivity index (χ4v) is 2.84. The molecule has 19 heavy (non-hydrogen) atoms. The molecule has 1 amide bonds. The average Bonchev–Trinajstić information content (AvgIpc) is 2.40. The Bertz CT molecular complexity index is 457. The van der Waals surface area contributed by atoms with E-state index < -0.39 is 0 Å². The van der Waals surface area contributed by atoms with Gasteiger partial charge >= 0.3 is 0 Å². The maximum atomic E-state index is 12.2. The number of hydrogen-bond acceptors (Lipinski definition) is 2. The van der Waals surface area contributed by atoms with Crippen LogP contribution >= 0.6 is 11.6 Å². The summed E-state index contributed by atoms with van der Waals surface area (Å²) in [6.07, 6.45) is 2.13. The molecule has 0 saturated carbocycles. The molecule has 1 aliphatic heterocycles. The molecule has 0 fully saturated rings. The second kappa shape index (κ2) is 6.29. The number of carbonyl (C=O) groups is 1. The van der Waals surface area contributed by atoms with Crippen LogP contribution in [0, 0.1) is 0 Å².